The largest absolute Gasteiger partial charge is 0.517 e. The summed E-state index contributed by atoms with van der Waals surface area (Å²) in [6.45, 7) is 0. The summed E-state index contributed by atoms with van der Waals surface area (Å²) in [5.74, 6) is 0. The van der Waals surface area contributed by atoms with Gasteiger partial charge in [0.1, 0.15) is 0 Å². The maximum Gasteiger partial charge on any atom is 0.517 e. The van der Waals surface area contributed by atoms with Crippen LogP contribution in [-0.2, 0) is 10.0 Å². The van der Waals surface area contributed by atoms with E-state index in [1.54, 1.807) is 6.07 Å². The first-order chi connectivity index (χ1) is 6.79. The van der Waals surface area contributed by atoms with Crippen LogP contribution in [0, 0.1) is 11.3 Å². The maximum absolute atomic E-state index is 12.1. The summed E-state index contributed by atoms with van der Waals surface area (Å²) in [5.41, 5.74) is -5.42. The summed E-state index contributed by atoms with van der Waals surface area (Å²) < 4.78 is 57.9. The molecule has 0 bridgehead atoms. The smallest absolute Gasteiger partial charge is 0.245 e. The summed E-state index contributed by atoms with van der Waals surface area (Å²) in [4.78, 5) is 0. The molecule has 0 aromatic carbocycles. The molecule has 82 valence electrons. The van der Waals surface area contributed by atoms with E-state index < -0.39 is 15.5 Å². The van der Waals surface area contributed by atoms with Crippen LogP contribution in [-0.4, -0.2) is 18.2 Å². The lowest BCUT2D eigenvalue weighted by atomic mass is 10.2. The molecule has 0 radical (unpaired) electrons. The predicted molar refractivity (Wildman–Crippen MR) is 44.3 cm³/mol. The molecule has 0 saturated heterocycles. The van der Waals surface area contributed by atoms with Crippen LogP contribution in [0.1, 0.15) is 6.42 Å². The lowest BCUT2D eigenvalue weighted by molar-refractivity contribution is -0.0468. The molecule has 1 aliphatic heterocycles. The predicted octanol–water partition coefficient (Wildman–Crippen LogP) is 1.46. The summed E-state index contributed by atoms with van der Waals surface area (Å²) >= 11 is 0. The van der Waals surface area contributed by atoms with Crippen LogP contribution in [0.25, 0.3) is 0 Å². The van der Waals surface area contributed by atoms with Gasteiger partial charge in [-0.15, -0.1) is 0 Å². The maximum atomic E-state index is 12.1. The molecule has 0 fully saturated rings. The average molecular weight is 238 g/mol. The van der Waals surface area contributed by atoms with E-state index >= 15 is 0 Å². The third-order valence-corrected chi connectivity index (χ3v) is 2.95. The molecule has 0 amide bonds. The Morgan fingerprint density at radius 1 is 1.47 bits per heavy atom. The molecular formula is C7H5F3N2O2S. The van der Waals surface area contributed by atoms with Gasteiger partial charge in [0.05, 0.1) is 11.6 Å². The quantitative estimate of drug-likeness (QED) is 0.694. The molecule has 4 nitrogen and oxygen atoms in total. The number of hydrogen-bond acceptors (Lipinski definition) is 3. The minimum Gasteiger partial charge on any atom is -0.245 e. The van der Waals surface area contributed by atoms with E-state index in [1.165, 1.54) is 6.08 Å². The van der Waals surface area contributed by atoms with E-state index in [4.69, 9.17) is 5.26 Å². The molecular weight excluding hydrogens is 233 g/mol. The first-order valence-corrected chi connectivity index (χ1v) is 5.10. The van der Waals surface area contributed by atoms with Gasteiger partial charge in [-0.1, -0.05) is 6.08 Å². The lowest BCUT2D eigenvalue weighted by Gasteiger charge is -2.20. The summed E-state index contributed by atoms with van der Waals surface area (Å²) in [6.07, 6.45) is 2.72. The number of allylic oxidation sites excluding steroid dienone is 2. The number of nitrogens with zero attached hydrogens (tertiary/aromatic N) is 2. The number of rotatable bonds is 1. The van der Waals surface area contributed by atoms with Crippen LogP contribution in [0.2, 0.25) is 0 Å². The van der Waals surface area contributed by atoms with Gasteiger partial charge in [0.2, 0.25) is 0 Å². The van der Waals surface area contributed by atoms with Gasteiger partial charge >= 0.3 is 15.5 Å². The standard InChI is InChI=1S/C7H5F3N2O2S/c8-7(9,10)15(13,14)12-3-1-2-6(4-11)5-12/h1,3,5H,2H2. The van der Waals surface area contributed by atoms with Crippen LogP contribution in [0.3, 0.4) is 0 Å². The normalized spacial score (nSPS) is 17.2. The van der Waals surface area contributed by atoms with Crippen molar-refractivity contribution in [2.75, 3.05) is 0 Å². The first-order valence-electron chi connectivity index (χ1n) is 3.66. The van der Waals surface area contributed by atoms with Gasteiger partial charge in [-0.3, -0.25) is 0 Å². The highest BCUT2D eigenvalue weighted by Crippen LogP contribution is 2.29. The Kier molecular flexibility index (Phi) is 2.77. The Balaban J connectivity index is 3.11. The summed E-state index contributed by atoms with van der Waals surface area (Å²) in [6, 6.07) is 1.59. The average Bonchev–Trinajstić information content (AvgIpc) is 2.16. The summed E-state index contributed by atoms with van der Waals surface area (Å²) in [5, 5.41) is 8.42. The highest BCUT2D eigenvalue weighted by Gasteiger charge is 2.49. The molecule has 0 N–H and O–H groups in total. The van der Waals surface area contributed by atoms with E-state index in [1.807, 2.05) is 0 Å². The van der Waals surface area contributed by atoms with Gasteiger partial charge in [0.15, 0.2) is 0 Å². The Hall–Kier alpha value is -1.49. The van der Waals surface area contributed by atoms with Gasteiger partial charge in [-0.25, -0.2) is 4.31 Å². The van der Waals surface area contributed by atoms with Crippen molar-refractivity contribution in [2.24, 2.45) is 0 Å². The van der Waals surface area contributed by atoms with Gasteiger partial charge in [-0.2, -0.15) is 26.9 Å². The molecule has 0 aliphatic carbocycles. The number of halogens is 3. The van der Waals surface area contributed by atoms with Gasteiger partial charge in [0.25, 0.3) is 0 Å². The molecule has 0 atom stereocenters. The van der Waals surface area contributed by atoms with Crippen molar-refractivity contribution in [3.63, 3.8) is 0 Å². The fraction of sp³-hybridized carbons (Fsp3) is 0.286. The minimum atomic E-state index is -5.42. The van der Waals surface area contributed by atoms with Crippen molar-refractivity contribution in [1.29, 1.82) is 5.26 Å². The number of nitriles is 1. The highest BCUT2D eigenvalue weighted by atomic mass is 32.2. The van der Waals surface area contributed by atoms with E-state index in [-0.39, 0.29) is 16.3 Å². The molecule has 15 heavy (non-hydrogen) atoms. The van der Waals surface area contributed by atoms with Crippen LogP contribution >= 0.6 is 0 Å². The van der Waals surface area contributed by atoms with Crippen molar-refractivity contribution in [3.05, 3.63) is 24.0 Å². The van der Waals surface area contributed by atoms with Gasteiger partial charge in [0, 0.05) is 18.8 Å². The Morgan fingerprint density at radius 2 is 2.07 bits per heavy atom. The molecule has 0 spiro atoms. The van der Waals surface area contributed by atoms with Crippen LogP contribution in [0.15, 0.2) is 24.0 Å². The lowest BCUT2D eigenvalue weighted by Crippen LogP contribution is -2.35. The molecule has 1 rings (SSSR count). The highest BCUT2D eigenvalue weighted by molar-refractivity contribution is 7.90. The number of hydrogen-bond donors (Lipinski definition) is 0. The fourth-order valence-corrected chi connectivity index (χ4v) is 1.63. The first kappa shape index (κ1) is 11.6. The Morgan fingerprint density at radius 3 is 2.53 bits per heavy atom. The van der Waals surface area contributed by atoms with Gasteiger partial charge < -0.3 is 0 Å². The molecule has 0 unspecified atom stereocenters. The van der Waals surface area contributed by atoms with Crippen molar-refractivity contribution in [2.45, 2.75) is 11.9 Å². The van der Waals surface area contributed by atoms with E-state index in [9.17, 15) is 21.6 Å². The van der Waals surface area contributed by atoms with E-state index in [2.05, 4.69) is 0 Å². The topological polar surface area (TPSA) is 61.2 Å². The van der Waals surface area contributed by atoms with Crippen molar-refractivity contribution < 1.29 is 21.6 Å². The second kappa shape index (κ2) is 3.58. The monoisotopic (exact) mass is 238 g/mol. The third kappa shape index (κ3) is 2.12. The second-order valence-electron chi connectivity index (χ2n) is 2.64. The zero-order valence-electron chi connectivity index (χ0n) is 7.19. The minimum absolute atomic E-state index is 0.00491. The van der Waals surface area contributed by atoms with Gasteiger partial charge in [-0.05, 0) is 0 Å². The van der Waals surface area contributed by atoms with E-state index in [0.29, 0.717) is 6.20 Å². The zero-order chi connectivity index (χ0) is 11.7. The molecule has 0 saturated carbocycles. The molecule has 8 heteroatoms. The van der Waals surface area contributed by atoms with Crippen molar-refractivity contribution in [1.82, 2.24) is 4.31 Å². The molecule has 0 aromatic heterocycles. The Bertz CT molecular complexity index is 456. The zero-order valence-corrected chi connectivity index (χ0v) is 8.01. The Labute approximate surface area is 84.0 Å². The molecule has 1 aliphatic rings. The van der Waals surface area contributed by atoms with Crippen molar-refractivity contribution in [3.8, 4) is 6.07 Å². The van der Waals surface area contributed by atoms with Crippen LogP contribution in [0.4, 0.5) is 13.2 Å². The van der Waals surface area contributed by atoms with Crippen LogP contribution < -0.4 is 0 Å². The van der Waals surface area contributed by atoms with E-state index in [0.717, 1.165) is 6.20 Å². The SMILES string of the molecule is N#CC1=CN(S(=O)(=O)C(F)(F)F)C=CC1. The third-order valence-electron chi connectivity index (χ3n) is 1.59. The molecule has 1 heterocycles. The summed E-state index contributed by atoms with van der Waals surface area (Å²) in [7, 11) is -5.42. The second-order valence-corrected chi connectivity index (χ2v) is 4.47. The fourth-order valence-electron chi connectivity index (χ4n) is 0.876. The number of alkyl halides is 3. The number of sulfonamides is 1. The molecule has 0 aromatic rings. The van der Waals surface area contributed by atoms with Crippen molar-refractivity contribution >= 4 is 10.0 Å². The van der Waals surface area contributed by atoms with Crippen LogP contribution in [0.5, 0.6) is 0 Å².